The van der Waals surface area contributed by atoms with Crippen molar-refractivity contribution in [2.24, 2.45) is 5.92 Å². The minimum absolute atomic E-state index is 0.0232. The number of anilines is 1. The van der Waals surface area contributed by atoms with E-state index >= 15 is 0 Å². The number of rotatable bonds is 6. The van der Waals surface area contributed by atoms with Crippen molar-refractivity contribution >= 4 is 29.2 Å². The molecule has 24 heavy (non-hydrogen) atoms. The third kappa shape index (κ3) is 4.80. The lowest BCUT2D eigenvalue weighted by atomic mass is 9.98. The molecule has 1 aromatic heterocycles. The molecule has 0 aliphatic rings. The number of nitrogens with zero attached hydrogens (tertiary/aromatic N) is 1. The van der Waals surface area contributed by atoms with E-state index in [-0.39, 0.29) is 17.7 Å². The number of amides is 2. The predicted octanol–water partition coefficient (Wildman–Crippen LogP) is 3.52. The normalized spacial score (nSPS) is 13.0. The highest BCUT2D eigenvalue weighted by Gasteiger charge is 2.26. The molecule has 5 nitrogen and oxygen atoms in total. The summed E-state index contributed by atoms with van der Waals surface area (Å²) in [5, 5.41) is 6.09. The Morgan fingerprint density at radius 3 is 2.46 bits per heavy atom. The smallest absolute Gasteiger partial charge is 0.251 e. The van der Waals surface area contributed by atoms with Crippen molar-refractivity contribution in [2.45, 2.75) is 26.3 Å². The highest BCUT2D eigenvalue weighted by molar-refractivity contribution is 6.30. The van der Waals surface area contributed by atoms with E-state index in [1.165, 1.54) is 0 Å². The van der Waals surface area contributed by atoms with Crippen molar-refractivity contribution < 1.29 is 9.59 Å². The summed E-state index contributed by atoms with van der Waals surface area (Å²) in [5.74, 6) is -0.167. The molecule has 1 heterocycles. The van der Waals surface area contributed by atoms with Gasteiger partial charge in [0.2, 0.25) is 5.91 Å². The van der Waals surface area contributed by atoms with Gasteiger partial charge in [-0.1, -0.05) is 37.9 Å². The molecule has 0 radical (unpaired) electrons. The Morgan fingerprint density at radius 2 is 1.88 bits per heavy atom. The SMILES string of the molecule is CC[C@@H](C)[C@@H](NC(=O)c1ccc(Cl)cc1)C(=O)Nc1ccccn1. The first-order chi connectivity index (χ1) is 11.5. The second kappa shape index (κ2) is 8.45. The van der Waals surface area contributed by atoms with Gasteiger partial charge in [0.25, 0.3) is 5.91 Å². The Morgan fingerprint density at radius 1 is 1.17 bits per heavy atom. The molecule has 0 fully saturated rings. The summed E-state index contributed by atoms with van der Waals surface area (Å²) in [6.07, 6.45) is 2.35. The number of hydrogen-bond acceptors (Lipinski definition) is 3. The quantitative estimate of drug-likeness (QED) is 0.841. The van der Waals surface area contributed by atoms with Crippen molar-refractivity contribution in [3.63, 3.8) is 0 Å². The lowest BCUT2D eigenvalue weighted by Crippen LogP contribution is -2.47. The van der Waals surface area contributed by atoms with Crippen LogP contribution in [0.3, 0.4) is 0 Å². The first kappa shape index (κ1) is 17.9. The molecule has 2 atom stereocenters. The molecule has 1 aromatic carbocycles. The van der Waals surface area contributed by atoms with Gasteiger partial charge in [-0.05, 0) is 42.3 Å². The highest BCUT2D eigenvalue weighted by Crippen LogP contribution is 2.13. The fraction of sp³-hybridized carbons (Fsp3) is 0.278. The molecule has 0 saturated heterocycles. The average Bonchev–Trinajstić information content (AvgIpc) is 2.60. The lowest BCUT2D eigenvalue weighted by molar-refractivity contribution is -0.119. The Kier molecular flexibility index (Phi) is 6.32. The molecule has 0 aliphatic heterocycles. The van der Waals surface area contributed by atoms with Gasteiger partial charge >= 0.3 is 0 Å². The molecule has 0 bridgehead atoms. The largest absolute Gasteiger partial charge is 0.340 e. The van der Waals surface area contributed by atoms with Gasteiger partial charge in [-0.15, -0.1) is 0 Å². The second-order valence-corrected chi connectivity index (χ2v) is 5.98. The lowest BCUT2D eigenvalue weighted by Gasteiger charge is -2.23. The molecule has 2 rings (SSSR count). The molecule has 0 unspecified atom stereocenters. The fourth-order valence-corrected chi connectivity index (χ4v) is 2.29. The van der Waals surface area contributed by atoms with Crippen LogP contribution in [0.25, 0.3) is 0 Å². The maximum absolute atomic E-state index is 12.5. The molecule has 126 valence electrons. The number of carbonyl (C=O) groups is 2. The molecule has 2 N–H and O–H groups in total. The third-order valence-electron chi connectivity index (χ3n) is 3.80. The van der Waals surface area contributed by atoms with Crippen molar-refractivity contribution in [1.82, 2.24) is 10.3 Å². The Bertz CT molecular complexity index is 689. The summed E-state index contributed by atoms with van der Waals surface area (Å²) in [7, 11) is 0. The maximum Gasteiger partial charge on any atom is 0.251 e. The summed E-state index contributed by atoms with van der Waals surface area (Å²) < 4.78 is 0. The minimum atomic E-state index is -0.653. The van der Waals surface area contributed by atoms with E-state index in [9.17, 15) is 9.59 Å². The van der Waals surface area contributed by atoms with Gasteiger partial charge in [0.15, 0.2) is 0 Å². The van der Waals surface area contributed by atoms with E-state index in [4.69, 9.17) is 11.6 Å². The van der Waals surface area contributed by atoms with Crippen LogP contribution in [0.15, 0.2) is 48.7 Å². The van der Waals surface area contributed by atoms with E-state index in [1.807, 2.05) is 13.8 Å². The van der Waals surface area contributed by atoms with Gasteiger partial charge < -0.3 is 10.6 Å². The number of benzene rings is 1. The molecule has 0 spiro atoms. The van der Waals surface area contributed by atoms with E-state index < -0.39 is 6.04 Å². The Balaban J connectivity index is 2.11. The fourth-order valence-electron chi connectivity index (χ4n) is 2.17. The Labute approximate surface area is 146 Å². The first-order valence-electron chi connectivity index (χ1n) is 7.79. The molecule has 2 aromatic rings. The molecular weight excluding hydrogens is 326 g/mol. The summed E-state index contributed by atoms with van der Waals surface area (Å²) in [6, 6.07) is 11.1. The maximum atomic E-state index is 12.5. The van der Waals surface area contributed by atoms with Crippen molar-refractivity contribution in [3.8, 4) is 0 Å². The van der Waals surface area contributed by atoms with Crippen LogP contribution in [0.1, 0.15) is 30.6 Å². The summed E-state index contributed by atoms with van der Waals surface area (Å²) >= 11 is 5.83. The summed E-state index contributed by atoms with van der Waals surface area (Å²) in [4.78, 5) is 29.0. The van der Waals surface area contributed by atoms with Gasteiger partial charge in [0.1, 0.15) is 11.9 Å². The van der Waals surface area contributed by atoms with Crippen LogP contribution >= 0.6 is 11.6 Å². The van der Waals surface area contributed by atoms with Gasteiger partial charge in [-0.25, -0.2) is 4.98 Å². The van der Waals surface area contributed by atoms with E-state index in [0.29, 0.717) is 16.4 Å². The number of nitrogens with one attached hydrogen (secondary N) is 2. The monoisotopic (exact) mass is 345 g/mol. The third-order valence-corrected chi connectivity index (χ3v) is 4.06. The zero-order chi connectivity index (χ0) is 17.5. The van der Waals surface area contributed by atoms with Crippen LogP contribution in [0.2, 0.25) is 5.02 Å². The number of carbonyl (C=O) groups excluding carboxylic acids is 2. The van der Waals surface area contributed by atoms with Crippen LogP contribution in [0.4, 0.5) is 5.82 Å². The summed E-state index contributed by atoms with van der Waals surface area (Å²) in [5.41, 5.74) is 0.457. The Hall–Kier alpha value is -2.40. The van der Waals surface area contributed by atoms with Gasteiger partial charge in [-0.3, -0.25) is 9.59 Å². The van der Waals surface area contributed by atoms with Crippen LogP contribution in [-0.4, -0.2) is 22.8 Å². The number of halogens is 1. The molecular formula is C18H20ClN3O2. The van der Waals surface area contributed by atoms with Crippen LogP contribution in [-0.2, 0) is 4.79 Å². The average molecular weight is 346 g/mol. The zero-order valence-corrected chi connectivity index (χ0v) is 14.4. The second-order valence-electron chi connectivity index (χ2n) is 5.55. The van der Waals surface area contributed by atoms with Gasteiger partial charge in [-0.2, -0.15) is 0 Å². The van der Waals surface area contributed by atoms with Crippen molar-refractivity contribution in [2.75, 3.05) is 5.32 Å². The van der Waals surface area contributed by atoms with Crippen molar-refractivity contribution in [1.29, 1.82) is 0 Å². The molecule has 0 saturated carbocycles. The van der Waals surface area contributed by atoms with Crippen molar-refractivity contribution in [3.05, 3.63) is 59.2 Å². The van der Waals surface area contributed by atoms with Crippen LogP contribution in [0, 0.1) is 5.92 Å². The number of aromatic nitrogens is 1. The topological polar surface area (TPSA) is 71.1 Å². The van der Waals surface area contributed by atoms with Crippen LogP contribution < -0.4 is 10.6 Å². The van der Waals surface area contributed by atoms with E-state index in [1.54, 1.807) is 48.7 Å². The molecule has 0 aliphatic carbocycles. The molecule has 2 amide bonds. The van der Waals surface area contributed by atoms with Gasteiger partial charge in [0.05, 0.1) is 0 Å². The molecule has 6 heteroatoms. The zero-order valence-electron chi connectivity index (χ0n) is 13.6. The van der Waals surface area contributed by atoms with Crippen LogP contribution in [0.5, 0.6) is 0 Å². The first-order valence-corrected chi connectivity index (χ1v) is 8.17. The van der Waals surface area contributed by atoms with E-state index in [0.717, 1.165) is 6.42 Å². The predicted molar refractivity (Wildman–Crippen MR) is 95.0 cm³/mol. The standard InChI is InChI=1S/C18H20ClN3O2/c1-3-12(2)16(18(24)21-15-6-4-5-11-20-15)22-17(23)13-7-9-14(19)10-8-13/h4-12,16H,3H2,1-2H3,(H,22,23)(H,20,21,24)/t12-,16-/m1/s1. The number of pyridine rings is 1. The van der Waals surface area contributed by atoms with E-state index in [2.05, 4.69) is 15.6 Å². The highest BCUT2D eigenvalue weighted by atomic mass is 35.5. The number of hydrogen-bond donors (Lipinski definition) is 2. The minimum Gasteiger partial charge on any atom is -0.340 e. The van der Waals surface area contributed by atoms with Gasteiger partial charge in [0, 0.05) is 16.8 Å². The summed E-state index contributed by atoms with van der Waals surface area (Å²) in [6.45, 7) is 3.89.